The highest BCUT2D eigenvalue weighted by molar-refractivity contribution is 5.86. The Morgan fingerprint density at radius 2 is 2.10 bits per heavy atom. The van der Waals surface area contributed by atoms with Gasteiger partial charge in [-0.2, -0.15) is 0 Å². The highest BCUT2D eigenvalue weighted by Gasteiger charge is 2.36. The third kappa shape index (κ3) is 3.95. The molecule has 1 saturated heterocycles. The number of rotatable bonds is 5. The Balaban J connectivity index is 1.95. The molecule has 0 aromatic heterocycles. The third-order valence-electron chi connectivity index (χ3n) is 3.93. The van der Waals surface area contributed by atoms with E-state index in [9.17, 15) is 4.79 Å². The van der Waals surface area contributed by atoms with Gasteiger partial charge in [0.05, 0.1) is 12.6 Å². The van der Waals surface area contributed by atoms with Crippen molar-refractivity contribution in [1.29, 1.82) is 0 Å². The molecule has 116 valence electrons. The minimum absolute atomic E-state index is 0.00271. The van der Waals surface area contributed by atoms with Gasteiger partial charge in [-0.15, -0.1) is 0 Å². The van der Waals surface area contributed by atoms with Gasteiger partial charge >= 0.3 is 0 Å². The minimum atomic E-state index is -0.798. The van der Waals surface area contributed by atoms with E-state index in [1.54, 1.807) is 7.11 Å². The predicted octanol–water partition coefficient (Wildman–Crippen LogP) is 1.25. The summed E-state index contributed by atoms with van der Waals surface area (Å²) in [6.45, 7) is 3.07. The maximum Gasteiger partial charge on any atom is 0.240 e. The molecule has 1 unspecified atom stereocenters. The van der Waals surface area contributed by atoms with Crippen molar-refractivity contribution in [2.75, 3.05) is 20.3 Å². The fourth-order valence-corrected chi connectivity index (χ4v) is 2.58. The summed E-state index contributed by atoms with van der Waals surface area (Å²) in [5.74, 6) is 0.750. The molecule has 0 bridgehead atoms. The van der Waals surface area contributed by atoms with E-state index in [1.807, 2.05) is 31.2 Å². The van der Waals surface area contributed by atoms with Crippen molar-refractivity contribution < 1.29 is 14.3 Å². The smallest absolute Gasteiger partial charge is 0.240 e. The summed E-state index contributed by atoms with van der Waals surface area (Å²) >= 11 is 0. The Kier molecular flexibility index (Phi) is 5.20. The zero-order valence-electron chi connectivity index (χ0n) is 12.7. The predicted molar refractivity (Wildman–Crippen MR) is 81.3 cm³/mol. The average Bonchev–Trinajstić information content (AvgIpc) is 2.48. The molecule has 0 spiro atoms. The number of benzene rings is 1. The lowest BCUT2D eigenvalue weighted by Gasteiger charge is -2.33. The van der Waals surface area contributed by atoms with Crippen molar-refractivity contribution in [2.24, 2.45) is 5.73 Å². The molecule has 0 saturated carbocycles. The zero-order chi connectivity index (χ0) is 15.3. The first kappa shape index (κ1) is 15.8. The highest BCUT2D eigenvalue weighted by atomic mass is 16.5. The average molecular weight is 292 g/mol. The van der Waals surface area contributed by atoms with E-state index in [4.69, 9.17) is 15.2 Å². The van der Waals surface area contributed by atoms with Gasteiger partial charge in [-0.25, -0.2) is 0 Å². The Hall–Kier alpha value is -1.59. The van der Waals surface area contributed by atoms with E-state index in [1.165, 1.54) is 0 Å². The second kappa shape index (κ2) is 6.91. The second-order valence-electron chi connectivity index (χ2n) is 5.66. The van der Waals surface area contributed by atoms with Crippen LogP contribution in [-0.4, -0.2) is 37.8 Å². The van der Waals surface area contributed by atoms with Gasteiger partial charge in [0.2, 0.25) is 5.91 Å². The van der Waals surface area contributed by atoms with E-state index in [-0.39, 0.29) is 11.9 Å². The summed E-state index contributed by atoms with van der Waals surface area (Å²) in [7, 11) is 1.65. The van der Waals surface area contributed by atoms with Crippen molar-refractivity contribution in [3.05, 3.63) is 29.8 Å². The van der Waals surface area contributed by atoms with E-state index in [0.717, 1.165) is 11.3 Å². The molecular weight excluding hydrogens is 268 g/mol. The molecule has 1 aliphatic rings. The van der Waals surface area contributed by atoms with Crippen LogP contribution in [0, 0.1) is 0 Å². The molecule has 2 rings (SSSR count). The number of hydrogen-bond donors (Lipinski definition) is 2. The first-order valence-electron chi connectivity index (χ1n) is 7.34. The number of hydrogen-bond acceptors (Lipinski definition) is 4. The van der Waals surface area contributed by atoms with Crippen molar-refractivity contribution in [2.45, 2.75) is 37.8 Å². The van der Waals surface area contributed by atoms with Gasteiger partial charge < -0.3 is 20.5 Å². The minimum Gasteiger partial charge on any atom is -0.496 e. The molecular formula is C16H24N2O3. The molecule has 1 aromatic carbocycles. The number of nitrogens with one attached hydrogen (secondary N) is 1. The van der Waals surface area contributed by atoms with Gasteiger partial charge in [-0.05, 0) is 37.8 Å². The lowest BCUT2D eigenvalue weighted by Crippen LogP contribution is -2.58. The number of nitrogens with two attached hydrogens (primary N) is 1. The monoisotopic (exact) mass is 292 g/mol. The molecule has 0 aliphatic carbocycles. The lowest BCUT2D eigenvalue weighted by atomic mass is 9.90. The summed E-state index contributed by atoms with van der Waals surface area (Å²) in [5, 5.41) is 3.01. The molecule has 1 heterocycles. The van der Waals surface area contributed by atoms with Crippen LogP contribution in [0.4, 0.5) is 0 Å². The molecule has 1 aliphatic heterocycles. The maximum atomic E-state index is 12.4. The van der Waals surface area contributed by atoms with Crippen LogP contribution in [0.5, 0.6) is 5.75 Å². The van der Waals surface area contributed by atoms with E-state index in [2.05, 4.69) is 5.32 Å². The Labute approximate surface area is 125 Å². The molecule has 0 radical (unpaired) electrons. The molecule has 5 nitrogen and oxygen atoms in total. The topological polar surface area (TPSA) is 73.6 Å². The van der Waals surface area contributed by atoms with Crippen LogP contribution in [0.15, 0.2) is 24.3 Å². The zero-order valence-corrected chi connectivity index (χ0v) is 12.7. The first-order chi connectivity index (χ1) is 10.0. The molecule has 5 heteroatoms. The molecule has 21 heavy (non-hydrogen) atoms. The van der Waals surface area contributed by atoms with Crippen molar-refractivity contribution in [3.8, 4) is 5.75 Å². The number of carbonyl (C=O) groups is 1. The molecule has 3 N–H and O–H groups in total. The summed E-state index contributed by atoms with van der Waals surface area (Å²) in [6, 6.07) is 7.83. The standard InChI is InChI=1S/C16H24N2O3/c1-12(11-13-5-3-4-6-14(13)20-2)18-15(19)16(17)7-9-21-10-8-16/h3-6,12H,7-11,17H2,1-2H3,(H,18,19). The summed E-state index contributed by atoms with van der Waals surface area (Å²) < 4.78 is 10.6. The highest BCUT2D eigenvalue weighted by Crippen LogP contribution is 2.20. The van der Waals surface area contributed by atoms with Gasteiger partial charge in [0.1, 0.15) is 5.75 Å². The third-order valence-corrected chi connectivity index (χ3v) is 3.93. The summed E-state index contributed by atoms with van der Waals surface area (Å²) in [6.07, 6.45) is 1.85. The van der Waals surface area contributed by atoms with Crippen molar-refractivity contribution >= 4 is 5.91 Å². The van der Waals surface area contributed by atoms with Gasteiger partial charge in [-0.3, -0.25) is 4.79 Å². The fraction of sp³-hybridized carbons (Fsp3) is 0.562. The maximum absolute atomic E-state index is 12.4. The Bertz CT molecular complexity index is 484. The van der Waals surface area contributed by atoms with Gasteiger partial charge in [0.15, 0.2) is 0 Å². The van der Waals surface area contributed by atoms with Crippen molar-refractivity contribution in [3.63, 3.8) is 0 Å². The number of carbonyl (C=O) groups excluding carboxylic acids is 1. The van der Waals surface area contributed by atoms with E-state index in [0.29, 0.717) is 32.5 Å². The van der Waals surface area contributed by atoms with Gasteiger partial charge in [0.25, 0.3) is 0 Å². The molecule has 1 fully saturated rings. The second-order valence-corrected chi connectivity index (χ2v) is 5.66. The summed E-state index contributed by atoms with van der Waals surface area (Å²) in [4.78, 5) is 12.4. The number of amides is 1. The SMILES string of the molecule is COc1ccccc1CC(C)NC(=O)C1(N)CCOCC1. The number of para-hydroxylation sites is 1. The van der Waals surface area contributed by atoms with Crippen LogP contribution < -0.4 is 15.8 Å². The molecule has 1 aromatic rings. The summed E-state index contributed by atoms with van der Waals surface area (Å²) in [5.41, 5.74) is 6.46. The van der Waals surface area contributed by atoms with Crippen molar-refractivity contribution in [1.82, 2.24) is 5.32 Å². The first-order valence-corrected chi connectivity index (χ1v) is 7.34. The normalized spacial score (nSPS) is 18.8. The number of ether oxygens (including phenoxy) is 2. The Morgan fingerprint density at radius 1 is 1.43 bits per heavy atom. The van der Waals surface area contributed by atoms with E-state index < -0.39 is 5.54 Å². The van der Waals surface area contributed by atoms with Crippen LogP contribution in [-0.2, 0) is 16.0 Å². The lowest BCUT2D eigenvalue weighted by molar-refractivity contribution is -0.130. The van der Waals surface area contributed by atoms with Gasteiger partial charge in [-0.1, -0.05) is 18.2 Å². The van der Waals surface area contributed by atoms with Gasteiger partial charge in [0, 0.05) is 19.3 Å². The molecule has 1 amide bonds. The Morgan fingerprint density at radius 3 is 2.76 bits per heavy atom. The van der Waals surface area contributed by atoms with Crippen LogP contribution in [0.2, 0.25) is 0 Å². The largest absolute Gasteiger partial charge is 0.496 e. The van der Waals surface area contributed by atoms with Crippen LogP contribution >= 0.6 is 0 Å². The fourth-order valence-electron chi connectivity index (χ4n) is 2.58. The van der Waals surface area contributed by atoms with Crippen LogP contribution in [0.1, 0.15) is 25.3 Å². The number of methoxy groups -OCH3 is 1. The van der Waals surface area contributed by atoms with Crippen LogP contribution in [0.25, 0.3) is 0 Å². The van der Waals surface area contributed by atoms with E-state index >= 15 is 0 Å². The molecule has 1 atom stereocenters. The quantitative estimate of drug-likeness (QED) is 0.856. The van der Waals surface area contributed by atoms with Crippen LogP contribution in [0.3, 0.4) is 0 Å².